The van der Waals surface area contributed by atoms with Gasteiger partial charge >= 0.3 is 0 Å². The van der Waals surface area contributed by atoms with Crippen molar-refractivity contribution in [2.45, 2.75) is 25.6 Å². The lowest BCUT2D eigenvalue weighted by atomic mass is 10.1. The van der Waals surface area contributed by atoms with Gasteiger partial charge in [0.05, 0.1) is 19.8 Å². The van der Waals surface area contributed by atoms with Gasteiger partial charge in [-0.1, -0.05) is 6.07 Å². The zero-order valence-electron chi connectivity index (χ0n) is 13.8. The van der Waals surface area contributed by atoms with Crippen LogP contribution in [0.2, 0.25) is 0 Å². The number of amides is 2. The normalized spacial score (nSPS) is 20.2. The van der Waals surface area contributed by atoms with Crippen molar-refractivity contribution in [1.82, 2.24) is 10.6 Å². The largest absolute Gasteiger partial charge is 0.493 e. The van der Waals surface area contributed by atoms with Crippen LogP contribution in [-0.4, -0.2) is 50.8 Å². The first-order chi connectivity index (χ1) is 11.5. The lowest BCUT2D eigenvalue weighted by molar-refractivity contribution is -0.129. The molecule has 132 valence electrons. The third-order valence-corrected chi connectivity index (χ3v) is 3.66. The lowest BCUT2D eigenvalue weighted by Crippen LogP contribution is -2.55. The molecule has 1 aromatic carbocycles. The average Bonchev–Trinajstić information content (AvgIpc) is 2.58. The molecule has 8 nitrogen and oxygen atoms in total. The second kappa shape index (κ2) is 8.51. The second-order valence-corrected chi connectivity index (χ2v) is 5.47. The zero-order chi connectivity index (χ0) is 17.5. The van der Waals surface area contributed by atoms with E-state index in [1.807, 2.05) is 6.92 Å². The Hall–Kier alpha value is -2.32. The molecule has 2 atom stereocenters. The van der Waals surface area contributed by atoms with Crippen molar-refractivity contribution in [1.29, 1.82) is 0 Å². The first kappa shape index (κ1) is 18.0. The number of rotatable bonds is 7. The van der Waals surface area contributed by atoms with Crippen LogP contribution in [0.5, 0.6) is 11.5 Å². The first-order valence-corrected chi connectivity index (χ1v) is 7.72. The summed E-state index contributed by atoms with van der Waals surface area (Å²) in [6.45, 7) is 3.25. The van der Waals surface area contributed by atoms with E-state index in [1.165, 1.54) is 7.11 Å². The number of morpholine rings is 1. The van der Waals surface area contributed by atoms with E-state index in [-0.39, 0.29) is 24.7 Å². The summed E-state index contributed by atoms with van der Waals surface area (Å²) in [6, 6.07) is 4.84. The van der Waals surface area contributed by atoms with Crippen LogP contribution < -0.4 is 25.8 Å². The summed E-state index contributed by atoms with van der Waals surface area (Å²) in [5, 5.41) is 6.01. The molecule has 2 amide bonds. The van der Waals surface area contributed by atoms with Gasteiger partial charge in [-0.15, -0.1) is 0 Å². The molecule has 8 heteroatoms. The van der Waals surface area contributed by atoms with Gasteiger partial charge < -0.3 is 30.6 Å². The SMILES string of the molecule is COc1cc(CNC(=O)[C@H]2NCCO[C@@H]2C)ccc1OCC(N)=O. The number of hydrogen-bond acceptors (Lipinski definition) is 6. The fourth-order valence-corrected chi connectivity index (χ4v) is 2.42. The summed E-state index contributed by atoms with van der Waals surface area (Å²) in [5.74, 6) is 0.206. The van der Waals surface area contributed by atoms with E-state index in [0.29, 0.717) is 31.2 Å². The Labute approximate surface area is 140 Å². The van der Waals surface area contributed by atoms with Gasteiger partial charge in [-0.3, -0.25) is 9.59 Å². The van der Waals surface area contributed by atoms with Crippen LogP contribution in [0.4, 0.5) is 0 Å². The number of carbonyl (C=O) groups is 2. The minimum absolute atomic E-state index is 0.116. The molecule has 0 unspecified atom stereocenters. The fourth-order valence-electron chi connectivity index (χ4n) is 2.42. The van der Waals surface area contributed by atoms with Gasteiger partial charge in [0.25, 0.3) is 5.91 Å². The molecule has 0 aliphatic carbocycles. The standard InChI is InChI=1S/C16H23N3O5/c1-10-15(18-5-6-23-10)16(21)19-8-11-3-4-12(13(7-11)22-2)24-9-14(17)20/h3-4,7,10,15,18H,5-6,8-9H2,1-2H3,(H2,17,20)(H,19,21)/t10-,15+/m1/s1. The molecule has 1 fully saturated rings. The maximum Gasteiger partial charge on any atom is 0.255 e. The topological polar surface area (TPSA) is 112 Å². The van der Waals surface area contributed by atoms with Gasteiger partial charge in [-0.25, -0.2) is 0 Å². The molecule has 1 aliphatic heterocycles. The minimum Gasteiger partial charge on any atom is -0.493 e. The van der Waals surface area contributed by atoms with Crippen LogP contribution in [0.1, 0.15) is 12.5 Å². The monoisotopic (exact) mass is 337 g/mol. The highest BCUT2D eigenvalue weighted by molar-refractivity contribution is 5.82. The van der Waals surface area contributed by atoms with E-state index in [2.05, 4.69) is 10.6 Å². The second-order valence-electron chi connectivity index (χ2n) is 5.47. The van der Waals surface area contributed by atoms with E-state index in [1.54, 1.807) is 18.2 Å². The van der Waals surface area contributed by atoms with Crippen molar-refractivity contribution in [3.8, 4) is 11.5 Å². The number of hydrogen-bond donors (Lipinski definition) is 3. The average molecular weight is 337 g/mol. The Balaban J connectivity index is 1.94. The molecular weight excluding hydrogens is 314 g/mol. The molecule has 0 radical (unpaired) electrons. The van der Waals surface area contributed by atoms with Crippen LogP contribution in [-0.2, 0) is 20.9 Å². The number of primary amides is 1. The van der Waals surface area contributed by atoms with Crippen LogP contribution in [0.15, 0.2) is 18.2 Å². The quantitative estimate of drug-likeness (QED) is 0.621. The Bertz CT molecular complexity index is 593. The Morgan fingerprint density at radius 1 is 1.42 bits per heavy atom. The van der Waals surface area contributed by atoms with Crippen LogP contribution in [0.25, 0.3) is 0 Å². The molecule has 0 spiro atoms. The first-order valence-electron chi connectivity index (χ1n) is 7.72. The molecule has 0 bridgehead atoms. The highest BCUT2D eigenvalue weighted by Gasteiger charge is 2.27. The van der Waals surface area contributed by atoms with Crippen molar-refractivity contribution in [2.75, 3.05) is 26.9 Å². The molecule has 0 saturated carbocycles. The number of nitrogens with one attached hydrogen (secondary N) is 2. The van der Waals surface area contributed by atoms with Crippen LogP contribution >= 0.6 is 0 Å². The van der Waals surface area contributed by atoms with Crippen molar-refractivity contribution in [3.63, 3.8) is 0 Å². The van der Waals surface area contributed by atoms with E-state index in [0.717, 1.165) is 5.56 Å². The third kappa shape index (κ3) is 4.84. The number of carbonyl (C=O) groups excluding carboxylic acids is 2. The van der Waals surface area contributed by atoms with Crippen LogP contribution in [0.3, 0.4) is 0 Å². The molecule has 1 aromatic rings. The third-order valence-electron chi connectivity index (χ3n) is 3.66. The predicted octanol–water partition coefficient (Wildman–Crippen LogP) is -0.448. The minimum atomic E-state index is -0.565. The van der Waals surface area contributed by atoms with Crippen molar-refractivity contribution < 1.29 is 23.8 Å². The Kier molecular flexibility index (Phi) is 6.39. The summed E-state index contributed by atoms with van der Waals surface area (Å²) in [5.41, 5.74) is 5.90. The fraction of sp³-hybridized carbons (Fsp3) is 0.500. The van der Waals surface area contributed by atoms with E-state index in [9.17, 15) is 9.59 Å². The molecule has 24 heavy (non-hydrogen) atoms. The molecule has 1 heterocycles. The highest BCUT2D eigenvalue weighted by Crippen LogP contribution is 2.28. The summed E-state index contributed by atoms with van der Waals surface area (Å²) in [6.07, 6.45) is -0.169. The number of nitrogens with two attached hydrogens (primary N) is 1. The number of ether oxygens (including phenoxy) is 3. The maximum atomic E-state index is 12.2. The van der Waals surface area contributed by atoms with Crippen molar-refractivity contribution in [3.05, 3.63) is 23.8 Å². The van der Waals surface area contributed by atoms with Crippen molar-refractivity contribution in [2.24, 2.45) is 5.73 Å². The van der Waals surface area contributed by atoms with Gasteiger partial charge in [0.1, 0.15) is 6.04 Å². The molecular formula is C16H23N3O5. The molecule has 0 aromatic heterocycles. The molecule has 1 aliphatic rings. The lowest BCUT2D eigenvalue weighted by Gasteiger charge is -2.29. The predicted molar refractivity (Wildman–Crippen MR) is 86.7 cm³/mol. The van der Waals surface area contributed by atoms with Crippen molar-refractivity contribution >= 4 is 11.8 Å². The smallest absolute Gasteiger partial charge is 0.255 e. The maximum absolute atomic E-state index is 12.2. The van der Waals surface area contributed by atoms with Gasteiger partial charge in [-0.05, 0) is 24.6 Å². The van der Waals surface area contributed by atoms with E-state index >= 15 is 0 Å². The highest BCUT2D eigenvalue weighted by atomic mass is 16.5. The Morgan fingerprint density at radius 2 is 2.21 bits per heavy atom. The summed E-state index contributed by atoms with van der Waals surface area (Å²) in [7, 11) is 1.50. The van der Waals surface area contributed by atoms with Gasteiger partial charge in [0.15, 0.2) is 18.1 Å². The summed E-state index contributed by atoms with van der Waals surface area (Å²) in [4.78, 5) is 23.0. The van der Waals surface area contributed by atoms with E-state index < -0.39 is 5.91 Å². The zero-order valence-corrected chi connectivity index (χ0v) is 13.8. The van der Waals surface area contributed by atoms with Gasteiger partial charge in [0.2, 0.25) is 5.91 Å². The van der Waals surface area contributed by atoms with Gasteiger partial charge in [-0.2, -0.15) is 0 Å². The summed E-state index contributed by atoms with van der Waals surface area (Å²) >= 11 is 0. The van der Waals surface area contributed by atoms with E-state index in [4.69, 9.17) is 19.9 Å². The number of methoxy groups -OCH3 is 1. The van der Waals surface area contributed by atoms with Crippen LogP contribution in [0, 0.1) is 0 Å². The summed E-state index contributed by atoms with van der Waals surface area (Å²) < 4.78 is 16.0. The Morgan fingerprint density at radius 3 is 2.88 bits per heavy atom. The molecule has 2 rings (SSSR count). The molecule has 1 saturated heterocycles. The van der Waals surface area contributed by atoms with Gasteiger partial charge in [0, 0.05) is 13.1 Å². The molecule has 4 N–H and O–H groups in total. The number of benzene rings is 1.